The minimum Gasteiger partial charge on any atom is -0.459 e. The highest BCUT2D eigenvalue weighted by molar-refractivity contribution is 5.91. The van der Waals surface area contributed by atoms with Crippen LogP contribution in [0.15, 0.2) is 6.20 Å². The number of ether oxygens (including phenoxy) is 12. The van der Waals surface area contributed by atoms with Gasteiger partial charge in [0.2, 0.25) is 11.8 Å². The zero-order chi connectivity index (χ0) is 77.3. The molecule has 38 heteroatoms. The third-order valence-corrected chi connectivity index (χ3v) is 15.2. The average molecular weight is 1470 g/mol. The van der Waals surface area contributed by atoms with Gasteiger partial charge in [-0.1, -0.05) is 19.1 Å². The summed E-state index contributed by atoms with van der Waals surface area (Å²) in [5, 5.41) is 97.9. The Bertz CT molecular complexity index is 2980. The molecule has 2 unspecified atom stereocenters. The van der Waals surface area contributed by atoms with E-state index in [0.29, 0.717) is 0 Å². The lowest BCUT2D eigenvalue weighted by atomic mass is 9.83. The van der Waals surface area contributed by atoms with Gasteiger partial charge >= 0.3 is 36.4 Å². The number of aliphatic hydroxyl groups excluding tert-OH is 6. The van der Waals surface area contributed by atoms with Gasteiger partial charge in [0, 0.05) is 25.7 Å². The second kappa shape index (κ2) is 35.0. The first kappa shape index (κ1) is 86.0. The number of aromatic nitrogens is 3. The van der Waals surface area contributed by atoms with E-state index in [1.54, 1.807) is 138 Å². The van der Waals surface area contributed by atoms with Crippen LogP contribution in [-0.2, 0) is 84.2 Å². The van der Waals surface area contributed by atoms with Crippen molar-refractivity contribution in [2.45, 2.75) is 320 Å². The standard InChI is InChI=1S/C64H112N12O26/c1-28(2)38(50(85)67-25-36(77)97-59(3,4)5)72-49(84)30(65)21-29-26-76(75-74-29)27-35-47(95-52-39(73-58(90)102-64(18,19)20)44(82)42(80)34(92-52)24-69-55(87)99-61(9,10)11)45(83)53(93-35)96-48-40(78)31(70-56(88)100-62(12,13)14)22-32(71-57(89)101-63(15,16)17)46(48)94-51-37(66)43(81)41(79)33(91-51)23-68-54(86)98-60(6,7)8/h26,28,30-35,37-48,51-53,78-83H,21-25,27,65-66H2,1-20H3,(H,67,85)(H,68,86)(H,69,87)(H,70,88)(H,71,89)(H,72,84)(H,73,90)/t30?,31-,32+,33-,34+,35-,37-,38?,39-,40+,41-,42-,43-,44-,45-,46-,47-,48-,51-,52-,53+/m1/s1. The van der Waals surface area contributed by atoms with Crippen LogP contribution in [0.1, 0.15) is 151 Å². The molecular weight excluding hydrogens is 1350 g/mol. The molecule has 0 spiro atoms. The molecule has 1 aliphatic carbocycles. The minimum absolute atomic E-state index is 0.0904. The van der Waals surface area contributed by atoms with Gasteiger partial charge < -0.3 is 136 Å². The lowest BCUT2D eigenvalue weighted by molar-refractivity contribution is -0.308. The largest absolute Gasteiger partial charge is 0.459 e. The number of carbonyl (C=O) groups excluding carboxylic acids is 8. The second-order valence-corrected chi connectivity index (χ2v) is 31.9. The van der Waals surface area contributed by atoms with Crippen molar-refractivity contribution in [1.82, 2.24) is 52.2 Å². The maximum atomic E-state index is 13.9. The van der Waals surface area contributed by atoms with Crippen molar-refractivity contribution in [3.8, 4) is 0 Å². The fourth-order valence-corrected chi connectivity index (χ4v) is 10.8. The molecule has 4 heterocycles. The third-order valence-electron chi connectivity index (χ3n) is 15.2. The van der Waals surface area contributed by atoms with Gasteiger partial charge in [0.05, 0.1) is 36.4 Å². The fraction of sp³-hybridized carbons (Fsp3) is 0.844. The van der Waals surface area contributed by atoms with Crippen molar-refractivity contribution in [2.24, 2.45) is 17.4 Å². The highest BCUT2D eigenvalue weighted by Gasteiger charge is 2.57. The predicted octanol–water partition coefficient (Wildman–Crippen LogP) is -1.30. The molecule has 5 rings (SSSR count). The summed E-state index contributed by atoms with van der Waals surface area (Å²) in [7, 11) is 0. The average Bonchev–Trinajstić information content (AvgIpc) is 1.39. The summed E-state index contributed by atoms with van der Waals surface area (Å²) in [6.07, 6.45) is -32.0. The summed E-state index contributed by atoms with van der Waals surface area (Å²) in [5.74, 6) is -2.69. The van der Waals surface area contributed by atoms with Gasteiger partial charge in [-0.05, 0) is 137 Å². The number of amides is 7. The Labute approximate surface area is 593 Å². The van der Waals surface area contributed by atoms with Crippen LogP contribution in [0.5, 0.6) is 0 Å². The van der Waals surface area contributed by atoms with Crippen LogP contribution in [0.3, 0.4) is 0 Å². The number of nitrogens with one attached hydrogen (secondary N) is 7. The van der Waals surface area contributed by atoms with Gasteiger partial charge in [-0.2, -0.15) is 0 Å². The summed E-state index contributed by atoms with van der Waals surface area (Å²) in [5.41, 5.74) is 6.91. The Hall–Kier alpha value is -6.66. The predicted molar refractivity (Wildman–Crippen MR) is 355 cm³/mol. The SMILES string of the molecule is CC(C)C(NC(=O)C(N)Cc1cn(C[C@H]2O[C@@H](O[C@@H]3[C@@H](O)[C@H](NC(=O)OC(C)(C)C)C[C@H](NC(=O)OC(C)(C)C)[C@H]3O[C@H]3O[C@H](CNC(=O)OC(C)(C)C)[C@@H](O)[C@H](O)[C@H]3N)[C@H](O)[C@@H]2O[C@H]2O[C@@H](CNC(=O)OC(C)(C)C)[C@@H](O)[C@H](O)[C@H]2NC(=O)OC(C)(C)C)nn1)C(=O)NCC(=O)OC(C)(C)C. The Morgan fingerprint density at radius 1 is 0.520 bits per heavy atom. The molecule has 4 fully saturated rings. The zero-order valence-electron chi connectivity index (χ0n) is 61.9. The maximum absolute atomic E-state index is 13.9. The van der Waals surface area contributed by atoms with Crippen LogP contribution in [0.4, 0.5) is 24.0 Å². The molecule has 17 N–H and O–H groups in total. The van der Waals surface area contributed by atoms with E-state index in [9.17, 15) is 69.0 Å². The number of esters is 1. The van der Waals surface area contributed by atoms with Crippen LogP contribution < -0.4 is 48.7 Å². The summed E-state index contributed by atoms with van der Waals surface area (Å²) in [6, 6.07) is -8.85. The summed E-state index contributed by atoms with van der Waals surface area (Å²) < 4.78 is 72.7. The van der Waals surface area contributed by atoms with Crippen LogP contribution in [-0.4, -0.2) is 275 Å². The topological polar surface area (TPSA) is 536 Å². The second-order valence-electron chi connectivity index (χ2n) is 31.9. The molecule has 0 aromatic carbocycles. The van der Waals surface area contributed by atoms with Crippen molar-refractivity contribution in [1.29, 1.82) is 0 Å². The van der Waals surface area contributed by atoms with Crippen LogP contribution in [0.2, 0.25) is 0 Å². The van der Waals surface area contributed by atoms with E-state index < -0.39 is 249 Å². The molecule has 1 aromatic rings. The summed E-state index contributed by atoms with van der Waals surface area (Å²) in [4.78, 5) is 106. The summed E-state index contributed by atoms with van der Waals surface area (Å²) >= 11 is 0. The molecule has 1 aromatic heterocycles. The van der Waals surface area contributed by atoms with Gasteiger partial charge in [0.15, 0.2) is 18.9 Å². The first-order chi connectivity index (χ1) is 46.7. The molecule has 4 aliphatic rings. The molecule has 0 bridgehead atoms. The molecule has 21 atom stereocenters. The van der Waals surface area contributed by atoms with E-state index in [1.165, 1.54) is 10.9 Å². The van der Waals surface area contributed by atoms with E-state index in [1.807, 2.05) is 0 Å². The van der Waals surface area contributed by atoms with E-state index in [4.69, 9.17) is 68.3 Å². The number of hydrogen-bond donors (Lipinski definition) is 15. The Kier molecular flexibility index (Phi) is 29.5. The van der Waals surface area contributed by atoms with Gasteiger partial charge in [0.1, 0.15) is 125 Å². The van der Waals surface area contributed by atoms with Crippen LogP contribution in [0, 0.1) is 5.92 Å². The molecule has 3 saturated heterocycles. The van der Waals surface area contributed by atoms with Crippen molar-refractivity contribution in [2.75, 3.05) is 19.6 Å². The molecule has 0 radical (unpaired) electrons. The van der Waals surface area contributed by atoms with Crippen molar-refractivity contribution < 1.29 is 126 Å². The van der Waals surface area contributed by atoms with Gasteiger partial charge in [-0.15, -0.1) is 5.10 Å². The number of alkyl carbamates (subject to hydrolysis) is 5. The highest BCUT2D eigenvalue weighted by atomic mass is 16.8. The molecule has 7 amide bonds. The normalized spacial score (nSPS) is 30.1. The molecule has 3 aliphatic heterocycles. The first-order valence-corrected chi connectivity index (χ1v) is 33.8. The van der Waals surface area contributed by atoms with E-state index in [-0.39, 0.29) is 12.1 Å². The van der Waals surface area contributed by atoms with Crippen molar-refractivity contribution in [3.05, 3.63) is 11.9 Å². The van der Waals surface area contributed by atoms with Crippen molar-refractivity contribution in [3.63, 3.8) is 0 Å². The number of aliphatic hydroxyl groups is 6. The Balaban J connectivity index is 1.61. The van der Waals surface area contributed by atoms with Crippen LogP contribution in [0.25, 0.3) is 0 Å². The number of rotatable bonds is 23. The van der Waals surface area contributed by atoms with E-state index in [0.717, 1.165) is 0 Å². The monoisotopic (exact) mass is 1460 g/mol. The Morgan fingerprint density at radius 2 is 0.961 bits per heavy atom. The van der Waals surface area contributed by atoms with Gasteiger partial charge in [0.25, 0.3) is 0 Å². The molecule has 102 heavy (non-hydrogen) atoms. The minimum atomic E-state index is -2.11. The maximum Gasteiger partial charge on any atom is 0.408 e. The number of hydrogen-bond acceptors (Lipinski definition) is 30. The molecule has 38 nitrogen and oxygen atoms in total. The van der Waals surface area contributed by atoms with Gasteiger partial charge in [-0.3, -0.25) is 14.4 Å². The lowest BCUT2D eigenvalue weighted by Gasteiger charge is -2.48. The molecular formula is C64H112N12O26. The zero-order valence-corrected chi connectivity index (χ0v) is 61.9. The fourth-order valence-electron chi connectivity index (χ4n) is 10.8. The number of nitrogens with two attached hydrogens (primary N) is 2. The van der Waals surface area contributed by atoms with Gasteiger partial charge in [-0.25, -0.2) is 28.7 Å². The van der Waals surface area contributed by atoms with Crippen LogP contribution >= 0.6 is 0 Å². The molecule has 584 valence electrons. The van der Waals surface area contributed by atoms with E-state index >= 15 is 0 Å². The highest BCUT2D eigenvalue weighted by Crippen LogP contribution is 2.37. The third kappa shape index (κ3) is 27.1. The smallest absolute Gasteiger partial charge is 0.408 e. The van der Waals surface area contributed by atoms with Crippen molar-refractivity contribution >= 4 is 48.2 Å². The number of carbonyl (C=O) groups is 8. The first-order valence-electron chi connectivity index (χ1n) is 33.8. The quantitative estimate of drug-likeness (QED) is 0.0447. The molecule has 1 saturated carbocycles. The number of nitrogens with zero attached hydrogens (tertiary/aromatic N) is 3. The lowest BCUT2D eigenvalue weighted by Crippen LogP contribution is -2.70. The summed E-state index contributed by atoms with van der Waals surface area (Å²) in [6.45, 7) is 30.0. The Morgan fingerprint density at radius 3 is 1.46 bits per heavy atom. The van der Waals surface area contributed by atoms with E-state index in [2.05, 4.69) is 47.5 Å².